The van der Waals surface area contributed by atoms with E-state index in [1.807, 2.05) is 4.90 Å². The van der Waals surface area contributed by atoms with Gasteiger partial charge in [0.05, 0.1) is 26.3 Å². The Balaban J connectivity index is 2.11. The summed E-state index contributed by atoms with van der Waals surface area (Å²) in [5.41, 5.74) is 0.00860. The summed E-state index contributed by atoms with van der Waals surface area (Å²) in [6.45, 7) is 6.33. The van der Waals surface area contributed by atoms with Crippen molar-refractivity contribution in [3.8, 4) is 5.75 Å². The summed E-state index contributed by atoms with van der Waals surface area (Å²) in [5.74, 6) is 0.160. The van der Waals surface area contributed by atoms with Crippen LogP contribution in [0.2, 0.25) is 0 Å². The average Bonchev–Trinajstić information content (AvgIpc) is 2.96. The Labute approximate surface area is 150 Å². The van der Waals surface area contributed by atoms with Gasteiger partial charge in [0.2, 0.25) is 0 Å². The molecule has 0 radical (unpaired) electrons. The molecule has 0 aromatic carbocycles. The van der Waals surface area contributed by atoms with E-state index < -0.39 is 23.7 Å². The third-order valence-corrected chi connectivity index (χ3v) is 4.35. The number of aliphatic hydroxyl groups is 1. The highest BCUT2D eigenvalue weighted by molar-refractivity contribution is 7.13. The van der Waals surface area contributed by atoms with E-state index in [2.05, 4.69) is 5.32 Å². The van der Waals surface area contributed by atoms with E-state index in [0.29, 0.717) is 36.0 Å². The number of carbonyl (C=O) groups is 2. The first kappa shape index (κ1) is 19.3. The lowest BCUT2D eigenvalue weighted by Gasteiger charge is -2.33. The van der Waals surface area contributed by atoms with Crippen LogP contribution in [0.4, 0.5) is 10.5 Å². The summed E-state index contributed by atoms with van der Waals surface area (Å²) in [6, 6.07) is -0.550. The van der Waals surface area contributed by atoms with E-state index in [1.165, 1.54) is 18.4 Å². The fourth-order valence-electron chi connectivity index (χ4n) is 2.42. The summed E-state index contributed by atoms with van der Waals surface area (Å²) in [5, 5.41) is 14.0. The Bertz CT molecular complexity index is 625. The maximum Gasteiger partial charge on any atom is 0.408 e. The molecule has 0 fully saturated rings. The number of ether oxygens (including phenoxy) is 3. The fraction of sp³-hybridized carbons (Fsp3) is 0.625. The predicted octanol–water partition coefficient (Wildman–Crippen LogP) is 1.62. The molecule has 2 rings (SSSR count). The fourth-order valence-corrected chi connectivity index (χ4v) is 3.35. The molecule has 0 spiro atoms. The Morgan fingerprint density at radius 2 is 2.20 bits per heavy atom. The quantitative estimate of drug-likeness (QED) is 0.758. The van der Waals surface area contributed by atoms with Crippen LogP contribution in [0.5, 0.6) is 5.75 Å². The highest BCUT2D eigenvalue weighted by Crippen LogP contribution is 2.40. The number of nitrogens with zero attached hydrogens (tertiary/aromatic N) is 1. The number of anilines is 1. The molecule has 0 saturated heterocycles. The van der Waals surface area contributed by atoms with Crippen LogP contribution in [0.3, 0.4) is 0 Å². The minimum Gasteiger partial charge on any atom is -0.489 e. The van der Waals surface area contributed by atoms with Crippen molar-refractivity contribution < 1.29 is 28.9 Å². The van der Waals surface area contributed by atoms with Crippen LogP contribution in [0, 0.1) is 0 Å². The van der Waals surface area contributed by atoms with Gasteiger partial charge < -0.3 is 29.5 Å². The SMILES string of the molecule is COC(=O)c1scc2c1N(C[C@@H](CO)NC(=O)OC(C)(C)C)CCO2. The van der Waals surface area contributed by atoms with E-state index in [9.17, 15) is 14.7 Å². The molecule has 9 heteroatoms. The number of alkyl carbamates (subject to hydrolysis) is 1. The normalized spacial score (nSPS) is 15.0. The van der Waals surface area contributed by atoms with Gasteiger partial charge in [0.15, 0.2) is 5.75 Å². The number of carbonyl (C=O) groups excluding carboxylic acids is 2. The smallest absolute Gasteiger partial charge is 0.408 e. The number of aliphatic hydroxyl groups excluding tert-OH is 1. The predicted molar refractivity (Wildman–Crippen MR) is 93.6 cm³/mol. The second kappa shape index (κ2) is 7.92. The first-order valence-corrected chi connectivity index (χ1v) is 8.81. The number of methoxy groups -OCH3 is 1. The lowest BCUT2D eigenvalue weighted by molar-refractivity contribution is 0.0483. The van der Waals surface area contributed by atoms with Crippen molar-refractivity contribution in [1.82, 2.24) is 5.32 Å². The van der Waals surface area contributed by atoms with Crippen molar-refractivity contribution in [2.45, 2.75) is 32.4 Å². The molecule has 1 aromatic rings. The lowest BCUT2D eigenvalue weighted by atomic mass is 10.2. The molecular weight excluding hydrogens is 348 g/mol. The molecule has 0 bridgehead atoms. The van der Waals surface area contributed by atoms with E-state index in [0.717, 1.165) is 0 Å². The summed E-state index contributed by atoms with van der Waals surface area (Å²) in [7, 11) is 1.32. The number of amides is 1. The Kier molecular flexibility index (Phi) is 6.12. The molecule has 8 nitrogen and oxygen atoms in total. The Hall–Kier alpha value is -2.00. The van der Waals surface area contributed by atoms with Crippen LogP contribution in [-0.4, -0.2) is 62.2 Å². The van der Waals surface area contributed by atoms with Crippen LogP contribution in [0.15, 0.2) is 5.38 Å². The zero-order valence-electron chi connectivity index (χ0n) is 14.8. The van der Waals surface area contributed by atoms with E-state index >= 15 is 0 Å². The van der Waals surface area contributed by atoms with Gasteiger partial charge in [-0.2, -0.15) is 0 Å². The minimum absolute atomic E-state index is 0.260. The summed E-state index contributed by atoms with van der Waals surface area (Å²) >= 11 is 1.24. The second-order valence-corrected chi connectivity index (χ2v) is 7.47. The Morgan fingerprint density at radius 3 is 2.80 bits per heavy atom. The second-order valence-electron chi connectivity index (χ2n) is 6.59. The molecule has 25 heavy (non-hydrogen) atoms. The van der Waals surface area contributed by atoms with Gasteiger partial charge in [0, 0.05) is 11.9 Å². The van der Waals surface area contributed by atoms with Gasteiger partial charge in [-0.3, -0.25) is 0 Å². The molecule has 1 amide bonds. The van der Waals surface area contributed by atoms with E-state index in [4.69, 9.17) is 14.2 Å². The highest BCUT2D eigenvalue weighted by Gasteiger charge is 2.30. The lowest BCUT2D eigenvalue weighted by Crippen LogP contribution is -2.49. The van der Waals surface area contributed by atoms with Gasteiger partial charge in [-0.25, -0.2) is 9.59 Å². The molecule has 1 aliphatic heterocycles. The average molecular weight is 372 g/mol. The number of esters is 1. The van der Waals surface area contributed by atoms with Gasteiger partial charge in [-0.05, 0) is 20.8 Å². The van der Waals surface area contributed by atoms with Crippen molar-refractivity contribution in [1.29, 1.82) is 0 Å². The van der Waals surface area contributed by atoms with Crippen molar-refractivity contribution in [3.05, 3.63) is 10.3 Å². The third kappa shape index (κ3) is 4.99. The summed E-state index contributed by atoms with van der Waals surface area (Å²) in [6.07, 6.45) is -0.599. The Morgan fingerprint density at radius 1 is 1.48 bits per heavy atom. The zero-order valence-corrected chi connectivity index (χ0v) is 15.6. The van der Waals surface area contributed by atoms with Crippen LogP contribution in [-0.2, 0) is 9.47 Å². The summed E-state index contributed by atoms with van der Waals surface area (Å²) in [4.78, 5) is 26.2. The van der Waals surface area contributed by atoms with Crippen LogP contribution in [0.1, 0.15) is 30.4 Å². The number of thiophene rings is 1. The molecular formula is C16H24N2O6S. The maximum atomic E-state index is 11.9. The highest BCUT2D eigenvalue weighted by atomic mass is 32.1. The van der Waals surface area contributed by atoms with E-state index in [-0.39, 0.29) is 6.61 Å². The van der Waals surface area contributed by atoms with Gasteiger partial charge in [0.1, 0.15) is 22.8 Å². The number of rotatable bonds is 5. The minimum atomic E-state index is -0.623. The zero-order chi connectivity index (χ0) is 18.6. The first-order valence-electron chi connectivity index (χ1n) is 7.93. The van der Waals surface area contributed by atoms with Gasteiger partial charge in [0.25, 0.3) is 0 Å². The molecule has 140 valence electrons. The molecule has 1 aromatic heterocycles. The number of hydrogen-bond acceptors (Lipinski definition) is 8. The number of hydrogen-bond donors (Lipinski definition) is 2. The molecule has 2 N–H and O–H groups in total. The largest absolute Gasteiger partial charge is 0.489 e. The molecule has 1 aliphatic rings. The van der Waals surface area contributed by atoms with Crippen molar-refractivity contribution in [2.24, 2.45) is 0 Å². The van der Waals surface area contributed by atoms with Crippen molar-refractivity contribution in [3.63, 3.8) is 0 Å². The molecule has 2 heterocycles. The standard InChI is InChI=1S/C16H24N2O6S/c1-16(2,3)24-15(21)17-10(8-19)7-18-5-6-23-11-9-25-13(12(11)18)14(20)22-4/h9-10,19H,5-8H2,1-4H3,(H,17,21)/t10-/m0/s1. The van der Waals surface area contributed by atoms with Crippen molar-refractivity contribution >= 4 is 29.1 Å². The third-order valence-electron chi connectivity index (χ3n) is 3.42. The molecule has 1 atom stereocenters. The number of fused-ring (bicyclic) bond motifs is 1. The first-order chi connectivity index (χ1) is 11.7. The van der Waals surface area contributed by atoms with Crippen LogP contribution < -0.4 is 15.0 Å². The molecule has 0 saturated carbocycles. The van der Waals surface area contributed by atoms with Gasteiger partial charge in [-0.1, -0.05) is 0 Å². The van der Waals surface area contributed by atoms with E-state index in [1.54, 1.807) is 26.2 Å². The topological polar surface area (TPSA) is 97.3 Å². The van der Waals surface area contributed by atoms with Crippen molar-refractivity contribution in [2.75, 3.05) is 38.3 Å². The van der Waals surface area contributed by atoms with Crippen LogP contribution in [0.25, 0.3) is 0 Å². The summed E-state index contributed by atoms with van der Waals surface area (Å²) < 4.78 is 15.6. The van der Waals surface area contributed by atoms with Gasteiger partial charge >= 0.3 is 12.1 Å². The molecule has 0 aliphatic carbocycles. The number of nitrogens with one attached hydrogen (secondary N) is 1. The molecule has 0 unspecified atom stereocenters. The van der Waals surface area contributed by atoms with Crippen LogP contribution >= 0.6 is 11.3 Å². The maximum absolute atomic E-state index is 11.9. The monoisotopic (exact) mass is 372 g/mol. The van der Waals surface area contributed by atoms with Gasteiger partial charge in [-0.15, -0.1) is 11.3 Å².